The molecular weight excluding hydrogens is 324 g/mol. The summed E-state index contributed by atoms with van der Waals surface area (Å²) in [6, 6.07) is 14.4. The molecule has 136 valence electrons. The number of aromatic nitrogens is 3. The van der Waals surface area contributed by atoms with Gasteiger partial charge in [0.25, 0.3) is 0 Å². The summed E-state index contributed by atoms with van der Waals surface area (Å²) in [6.45, 7) is 3.35. The van der Waals surface area contributed by atoms with Crippen LogP contribution >= 0.6 is 0 Å². The van der Waals surface area contributed by atoms with Crippen LogP contribution in [0.4, 0.5) is 0 Å². The van der Waals surface area contributed by atoms with E-state index in [4.69, 9.17) is 9.84 Å². The Morgan fingerprint density at radius 3 is 2.73 bits per heavy atom. The zero-order valence-corrected chi connectivity index (χ0v) is 15.3. The van der Waals surface area contributed by atoms with Crippen molar-refractivity contribution in [1.29, 1.82) is 0 Å². The maximum Gasteiger partial charge on any atom is 0.0983 e. The van der Waals surface area contributed by atoms with Crippen molar-refractivity contribution < 1.29 is 4.74 Å². The molecule has 0 aliphatic rings. The number of hydrogen-bond acceptors (Lipinski definition) is 4. The second-order valence-corrected chi connectivity index (χ2v) is 6.30. The predicted molar refractivity (Wildman–Crippen MR) is 104 cm³/mol. The highest BCUT2D eigenvalue weighted by molar-refractivity contribution is 5.61. The Bertz CT molecular complexity index is 771. The molecule has 0 aliphatic heterocycles. The van der Waals surface area contributed by atoms with Gasteiger partial charge in [-0.1, -0.05) is 30.3 Å². The fourth-order valence-electron chi connectivity index (χ4n) is 2.91. The summed E-state index contributed by atoms with van der Waals surface area (Å²) >= 11 is 0. The Kier molecular flexibility index (Phi) is 6.93. The summed E-state index contributed by atoms with van der Waals surface area (Å²) in [5.74, 6) is 0. The number of nitrogens with zero attached hydrogens (tertiary/aromatic N) is 3. The number of unbranched alkanes of at least 4 members (excludes halogenated alkanes) is 1. The fourth-order valence-corrected chi connectivity index (χ4v) is 2.91. The Morgan fingerprint density at radius 1 is 1.08 bits per heavy atom. The molecule has 0 saturated heterocycles. The molecule has 0 amide bonds. The average molecular weight is 350 g/mol. The summed E-state index contributed by atoms with van der Waals surface area (Å²) in [7, 11) is 1.74. The van der Waals surface area contributed by atoms with E-state index in [2.05, 4.69) is 46.8 Å². The van der Waals surface area contributed by atoms with Gasteiger partial charge in [-0.15, -0.1) is 0 Å². The van der Waals surface area contributed by atoms with Crippen molar-refractivity contribution >= 4 is 0 Å². The third-order valence-corrected chi connectivity index (χ3v) is 4.23. The molecule has 0 unspecified atom stereocenters. The SMILES string of the molecule is COCCCCNCc1cn(Cc2ccccc2)nc1-c1cccnc1. The molecule has 0 radical (unpaired) electrons. The molecule has 0 bridgehead atoms. The van der Waals surface area contributed by atoms with Crippen molar-refractivity contribution in [3.05, 3.63) is 72.2 Å². The third kappa shape index (κ3) is 5.25. The number of pyridine rings is 1. The molecule has 5 heteroatoms. The first-order chi connectivity index (χ1) is 12.9. The minimum atomic E-state index is 0.766. The van der Waals surface area contributed by atoms with Crippen LogP contribution < -0.4 is 5.32 Å². The molecule has 3 rings (SSSR count). The lowest BCUT2D eigenvalue weighted by Crippen LogP contribution is -2.15. The van der Waals surface area contributed by atoms with Gasteiger partial charge in [0.15, 0.2) is 0 Å². The van der Waals surface area contributed by atoms with Gasteiger partial charge in [0.2, 0.25) is 0 Å². The van der Waals surface area contributed by atoms with Crippen LogP contribution in [0.25, 0.3) is 11.3 Å². The van der Waals surface area contributed by atoms with Gasteiger partial charge < -0.3 is 10.1 Å². The van der Waals surface area contributed by atoms with Gasteiger partial charge in [0.05, 0.1) is 12.2 Å². The lowest BCUT2D eigenvalue weighted by atomic mass is 10.1. The van der Waals surface area contributed by atoms with Gasteiger partial charge in [-0.3, -0.25) is 9.67 Å². The molecule has 5 nitrogen and oxygen atoms in total. The van der Waals surface area contributed by atoms with E-state index < -0.39 is 0 Å². The van der Waals surface area contributed by atoms with E-state index in [1.165, 1.54) is 11.1 Å². The molecule has 3 aromatic rings. The maximum atomic E-state index is 5.10. The summed E-state index contributed by atoms with van der Waals surface area (Å²) in [5, 5.41) is 8.34. The van der Waals surface area contributed by atoms with Crippen molar-refractivity contribution in [1.82, 2.24) is 20.1 Å². The maximum absolute atomic E-state index is 5.10. The molecular formula is C21H26N4O. The summed E-state index contributed by atoms with van der Waals surface area (Å²) < 4.78 is 7.11. The number of methoxy groups -OCH3 is 1. The second kappa shape index (κ2) is 9.85. The number of hydrogen-bond donors (Lipinski definition) is 1. The van der Waals surface area contributed by atoms with Crippen LogP contribution in [0.15, 0.2) is 61.1 Å². The van der Waals surface area contributed by atoms with E-state index in [9.17, 15) is 0 Å². The molecule has 0 atom stereocenters. The number of nitrogens with one attached hydrogen (secondary N) is 1. The molecule has 26 heavy (non-hydrogen) atoms. The van der Waals surface area contributed by atoms with Crippen molar-refractivity contribution in [2.75, 3.05) is 20.3 Å². The first-order valence-corrected chi connectivity index (χ1v) is 9.07. The van der Waals surface area contributed by atoms with Crippen LogP contribution in [0.3, 0.4) is 0 Å². The average Bonchev–Trinajstić information content (AvgIpc) is 3.08. The smallest absolute Gasteiger partial charge is 0.0983 e. The number of ether oxygens (including phenoxy) is 1. The monoisotopic (exact) mass is 350 g/mol. The Morgan fingerprint density at radius 2 is 1.96 bits per heavy atom. The minimum Gasteiger partial charge on any atom is -0.385 e. The second-order valence-electron chi connectivity index (χ2n) is 6.30. The van der Waals surface area contributed by atoms with E-state index in [1.54, 1.807) is 13.3 Å². The van der Waals surface area contributed by atoms with Gasteiger partial charge in [0, 0.05) is 50.0 Å². The normalized spacial score (nSPS) is 11.0. The fraction of sp³-hybridized carbons (Fsp3) is 0.333. The van der Waals surface area contributed by atoms with Crippen molar-refractivity contribution in [3.63, 3.8) is 0 Å². The van der Waals surface area contributed by atoms with Crippen LogP contribution in [0.5, 0.6) is 0 Å². The van der Waals surface area contributed by atoms with Gasteiger partial charge in [-0.25, -0.2) is 0 Å². The highest BCUT2D eigenvalue weighted by atomic mass is 16.5. The molecule has 1 N–H and O–H groups in total. The minimum absolute atomic E-state index is 0.766. The predicted octanol–water partition coefficient (Wildman–Crippen LogP) is 3.51. The summed E-state index contributed by atoms with van der Waals surface area (Å²) in [6.07, 6.45) is 7.98. The van der Waals surface area contributed by atoms with E-state index in [1.807, 2.05) is 23.0 Å². The van der Waals surface area contributed by atoms with Crippen LogP contribution in [0.1, 0.15) is 24.0 Å². The molecule has 0 spiro atoms. The first-order valence-electron chi connectivity index (χ1n) is 9.07. The van der Waals surface area contributed by atoms with Crippen molar-refractivity contribution in [2.45, 2.75) is 25.9 Å². The van der Waals surface area contributed by atoms with Gasteiger partial charge in [0.1, 0.15) is 0 Å². The number of rotatable bonds is 10. The van der Waals surface area contributed by atoms with Crippen LogP contribution in [-0.2, 0) is 17.8 Å². The zero-order valence-electron chi connectivity index (χ0n) is 15.3. The van der Waals surface area contributed by atoms with Crippen LogP contribution in [-0.4, -0.2) is 35.0 Å². The molecule has 2 aromatic heterocycles. The van der Waals surface area contributed by atoms with E-state index in [0.29, 0.717) is 0 Å². The van der Waals surface area contributed by atoms with Gasteiger partial charge >= 0.3 is 0 Å². The Labute approximate surface area is 155 Å². The summed E-state index contributed by atoms with van der Waals surface area (Å²) in [4.78, 5) is 4.24. The quantitative estimate of drug-likeness (QED) is 0.569. The molecule has 0 aliphatic carbocycles. The standard InChI is InChI=1S/C21H26N4O/c1-26-13-6-5-11-22-15-20-17-25(16-18-8-3-2-4-9-18)24-21(20)19-10-7-12-23-14-19/h2-4,7-10,12,14,17,22H,5-6,11,13,15-16H2,1H3. The Hall–Kier alpha value is -2.50. The highest BCUT2D eigenvalue weighted by Crippen LogP contribution is 2.21. The van der Waals surface area contributed by atoms with E-state index >= 15 is 0 Å². The molecule has 0 saturated carbocycles. The Balaban J connectivity index is 1.71. The lowest BCUT2D eigenvalue weighted by Gasteiger charge is -2.05. The van der Waals surface area contributed by atoms with Crippen molar-refractivity contribution in [2.24, 2.45) is 0 Å². The topological polar surface area (TPSA) is 52.0 Å². The largest absolute Gasteiger partial charge is 0.385 e. The lowest BCUT2D eigenvalue weighted by molar-refractivity contribution is 0.192. The molecule has 1 aromatic carbocycles. The third-order valence-electron chi connectivity index (χ3n) is 4.23. The van der Waals surface area contributed by atoms with Crippen LogP contribution in [0, 0.1) is 0 Å². The highest BCUT2D eigenvalue weighted by Gasteiger charge is 2.11. The van der Waals surface area contributed by atoms with Crippen LogP contribution in [0.2, 0.25) is 0 Å². The molecule has 0 fully saturated rings. The first kappa shape index (κ1) is 18.3. The molecule has 2 heterocycles. The zero-order chi connectivity index (χ0) is 18.0. The van der Waals surface area contributed by atoms with E-state index in [0.717, 1.165) is 50.3 Å². The van der Waals surface area contributed by atoms with Gasteiger partial charge in [-0.2, -0.15) is 5.10 Å². The number of benzene rings is 1. The summed E-state index contributed by atoms with van der Waals surface area (Å²) in [5.41, 5.74) is 4.49. The van der Waals surface area contributed by atoms with Crippen molar-refractivity contribution in [3.8, 4) is 11.3 Å². The van der Waals surface area contributed by atoms with Gasteiger partial charge in [-0.05, 0) is 37.1 Å². The van der Waals surface area contributed by atoms with E-state index in [-0.39, 0.29) is 0 Å².